The summed E-state index contributed by atoms with van der Waals surface area (Å²) in [6.45, 7) is 0.277. The largest absolute Gasteiger partial charge is 0.330 e. The Morgan fingerprint density at radius 3 is 3.00 bits per heavy atom. The average Bonchev–Trinajstić information content (AvgIpc) is 2.13. The lowest BCUT2D eigenvalue weighted by atomic mass is 10.3. The van der Waals surface area contributed by atoms with Crippen LogP contribution in [0.25, 0.3) is 0 Å². The Hall–Kier alpha value is -1.62. The summed E-state index contributed by atoms with van der Waals surface area (Å²) in [5.41, 5.74) is 5.27. The topological polar surface area (TPSA) is 77.1 Å². The smallest absolute Gasteiger partial charge is 0.274 e. The lowest BCUT2D eigenvalue weighted by Gasteiger charge is -2.04. The number of nitrogens with one attached hydrogen (secondary N) is 1. The summed E-state index contributed by atoms with van der Waals surface area (Å²) in [6.07, 6.45) is 1.85. The van der Waals surface area contributed by atoms with Gasteiger partial charge in [-0.05, 0) is 12.1 Å². The quantitative estimate of drug-likeness (QED) is 0.693. The van der Waals surface area contributed by atoms with Crippen LogP contribution in [0.2, 0.25) is 0 Å². The molecular weight excluding hydrogens is 182 g/mol. The molecule has 0 aromatic carbocycles. The number of rotatable bonds is 3. The number of pyridine rings is 1. The van der Waals surface area contributed by atoms with Gasteiger partial charge in [-0.3, -0.25) is 9.59 Å². The van der Waals surface area contributed by atoms with Gasteiger partial charge in [-0.2, -0.15) is 0 Å². The van der Waals surface area contributed by atoms with Crippen LogP contribution >= 0.6 is 0 Å². The Morgan fingerprint density at radius 2 is 2.36 bits per heavy atom. The number of aromatic nitrogens is 1. The van der Waals surface area contributed by atoms with Crippen molar-refractivity contribution in [1.29, 1.82) is 0 Å². The molecule has 0 aliphatic rings. The van der Waals surface area contributed by atoms with E-state index in [0.717, 1.165) is 0 Å². The molecular formula is C9H13N3O2. The van der Waals surface area contributed by atoms with Crippen LogP contribution in [0.15, 0.2) is 23.1 Å². The standard InChI is InChI=1S/C9H13N3O2/c1-12-6-2-3-7(9(12)14)11-8(13)4-5-10/h2-3,6H,4-5,10H2,1H3,(H,11,13). The van der Waals surface area contributed by atoms with Crippen molar-refractivity contribution in [2.45, 2.75) is 6.42 Å². The first-order valence-electron chi connectivity index (χ1n) is 4.30. The van der Waals surface area contributed by atoms with Crippen molar-refractivity contribution in [1.82, 2.24) is 4.57 Å². The molecule has 3 N–H and O–H groups in total. The minimum absolute atomic E-state index is 0.220. The summed E-state index contributed by atoms with van der Waals surface area (Å²) in [5, 5.41) is 2.50. The minimum atomic E-state index is -0.240. The number of nitrogens with two attached hydrogens (primary N) is 1. The van der Waals surface area contributed by atoms with Gasteiger partial charge in [0.05, 0.1) is 0 Å². The van der Waals surface area contributed by atoms with Crippen LogP contribution in [0.3, 0.4) is 0 Å². The fourth-order valence-corrected chi connectivity index (χ4v) is 1.04. The predicted octanol–water partition coefficient (Wildman–Crippen LogP) is -0.327. The van der Waals surface area contributed by atoms with Gasteiger partial charge in [-0.15, -0.1) is 0 Å². The summed E-state index contributed by atoms with van der Waals surface area (Å²) < 4.78 is 1.40. The molecule has 0 fully saturated rings. The van der Waals surface area contributed by atoms with Crippen LogP contribution in [0.1, 0.15) is 6.42 Å². The summed E-state index contributed by atoms with van der Waals surface area (Å²) in [6, 6.07) is 3.26. The summed E-state index contributed by atoms with van der Waals surface area (Å²) >= 11 is 0. The van der Waals surface area contributed by atoms with E-state index in [2.05, 4.69) is 5.32 Å². The van der Waals surface area contributed by atoms with E-state index in [4.69, 9.17) is 5.73 Å². The zero-order valence-corrected chi connectivity index (χ0v) is 7.99. The fraction of sp³-hybridized carbons (Fsp3) is 0.333. The number of hydrogen-bond acceptors (Lipinski definition) is 3. The first-order valence-corrected chi connectivity index (χ1v) is 4.30. The lowest BCUT2D eigenvalue weighted by molar-refractivity contribution is -0.116. The van der Waals surface area contributed by atoms with Gasteiger partial charge in [0.2, 0.25) is 5.91 Å². The van der Waals surface area contributed by atoms with Crippen molar-refractivity contribution in [3.8, 4) is 0 Å². The highest BCUT2D eigenvalue weighted by molar-refractivity contribution is 5.90. The van der Waals surface area contributed by atoms with Crippen LogP contribution in [0, 0.1) is 0 Å². The second-order valence-electron chi connectivity index (χ2n) is 2.92. The van der Waals surface area contributed by atoms with E-state index in [1.54, 1.807) is 25.4 Å². The highest BCUT2D eigenvalue weighted by Crippen LogP contribution is 1.97. The maximum absolute atomic E-state index is 11.4. The monoisotopic (exact) mass is 195 g/mol. The molecule has 5 heteroatoms. The summed E-state index contributed by atoms with van der Waals surface area (Å²) in [4.78, 5) is 22.6. The molecule has 0 aliphatic heterocycles. The van der Waals surface area contributed by atoms with Gasteiger partial charge in [0.25, 0.3) is 5.56 Å². The zero-order valence-electron chi connectivity index (χ0n) is 7.99. The first-order chi connectivity index (χ1) is 6.65. The highest BCUT2D eigenvalue weighted by atomic mass is 16.2. The molecule has 1 heterocycles. The number of amides is 1. The molecule has 0 atom stereocenters. The lowest BCUT2D eigenvalue weighted by Crippen LogP contribution is -2.24. The van der Waals surface area contributed by atoms with Crippen molar-refractivity contribution in [2.24, 2.45) is 12.8 Å². The fourth-order valence-electron chi connectivity index (χ4n) is 1.04. The van der Waals surface area contributed by atoms with Gasteiger partial charge < -0.3 is 15.6 Å². The van der Waals surface area contributed by atoms with E-state index >= 15 is 0 Å². The van der Waals surface area contributed by atoms with Crippen LogP contribution in [0.5, 0.6) is 0 Å². The van der Waals surface area contributed by atoms with Crippen molar-refractivity contribution in [3.05, 3.63) is 28.7 Å². The first kappa shape index (κ1) is 10.5. The van der Waals surface area contributed by atoms with Crippen molar-refractivity contribution in [2.75, 3.05) is 11.9 Å². The van der Waals surface area contributed by atoms with E-state index < -0.39 is 0 Å². The van der Waals surface area contributed by atoms with Crippen molar-refractivity contribution in [3.63, 3.8) is 0 Å². The maximum Gasteiger partial charge on any atom is 0.274 e. The third-order valence-corrected chi connectivity index (χ3v) is 1.77. The molecule has 0 spiro atoms. The van der Waals surface area contributed by atoms with Crippen LogP contribution < -0.4 is 16.6 Å². The van der Waals surface area contributed by atoms with Crippen LogP contribution in [-0.2, 0) is 11.8 Å². The maximum atomic E-state index is 11.4. The van der Waals surface area contributed by atoms with Gasteiger partial charge in [0.15, 0.2) is 0 Å². The molecule has 1 rings (SSSR count). The second kappa shape index (κ2) is 4.57. The Kier molecular flexibility index (Phi) is 3.41. The molecule has 1 aromatic rings. The second-order valence-corrected chi connectivity index (χ2v) is 2.92. The normalized spacial score (nSPS) is 9.86. The Bertz CT molecular complexity index is 384. The van der Waals surface area contributed by atoms with Gasteiger partial charge >= 0.3 is 0 Å². The van der Waals surface area contributed by atoms with Crippen LogP contribution in [0.4, 0.5) is 5.69 Å². The third kappa shape index (κ3) is 2.43. The van der Waals surface area contributed by atoms with E-state index in [1.165, 1.54) is 4.57 Å². The molecule has 0 radical (unpaired) electrons. The Labute approximate surface area is 81.5 Å². The number of carbonyl (C=O) groups is 1. The summed E-state index contributed by atoms with van der Waals surface area (Å²) in [7, 11) is 1.63. The van der Waals surface area contributed by atoms with Crippen LogP contribution in [-0.4, -0.2) is 17.0 Å². The molecule has 1 amide bonds. The van der Waals surface area contributed by atoms with Gasteiger partial charge in [-0.1, -0.05) is 0 Å². The van der Waals surface area contributed by atoms with E-state index in [0.29, 0.717) is 0 Å². The molecule has 14 heavy (non-hydrogen) atoms. The molecule has 76 valence electrons. The third-order valence-electron chi connectivity index (χ3n) is 1.77. The molecule has 0 bridgehead atoms. The molecule has 0 saturated carbocycles. The SMILES string of the molecule is Cn1cccc(NC(=O)CCN)c1=O. The van der Waals surface area contributed by atoms with E-state index in [1.807, 2.05) is 0 Å². The number of carbonyl (C=O) groups excluding carboxylic acids is 1. The number of anilines is 1. The molecule has 1 aromatic heterocycles. The average molecular weight is 195 g/mol. The van der Waals surface area contributed by atoms with Gasteiger partial charge in [-0.25, -0.2) is 0 Å². The molecule has 0 aliphatic carbocycles. The molecule has 0 unspecified atom stereocenters. The number of nitrogens with zero attached hydrogens (tertiary/aromatic N) is 1. The van der Waals surface area contributed by atoms with Crippen molar-refractivity contribution >= 4 is 11.6 Å². The minimum Gasteiger partial charge on any atom is -0.330 e. The molecule has 5 nitrogen and oxygen atoms in total. The Morgan fingerprint density at radius 1 is 1.64 bits per heavy atom. The van der Waals surface area contributed by atoms with E-state index in [-0.39, 0.29) is 30.1 Å². The predicted molar refractivity (Wildman–Crippen MR) is 54.0 cm³/mol. The summed E-state index contributed by atoms with van der Waals surface area (Å²) in [5.74, 6) is -0.240. The highest BCUT2D eigenvalue weighted by Gasteiger charge is 2.04. The zero-order chi connectivity index (χ0) is 10.6. The molecule has 0 saturated heterocycles. The Balaban J connectivity index is 2.82. The van der Waals surface area contributed by atoms with E-state index in [9.17, 15) is 9.59 Å². The van der Waals surface area contributed by atoms with Gasteiger partial charge in [0.1, 0.15) is 5.69 Å². The van der Waals surface area contributed by atoms with Crippen molar-refractivity contribution < 1.29 is 4.79 Å². The van der Waals surface area contributed by atoms with Gasteiger partial charge in [0, 0.05) is 26.2 Å². The number of hydrogen-bond donors (Lipinski definition) is 2. The number of aryl methyl sites for hydroxylation is 1.